The molecule has 0 bridgehead atoms. The van der Waals surface area contributed by atoms with Gasteiger partial charge in [0.15, 0.2) is 0 Å². The van der Waals surface area contributed by atoms with E-state index in [-0.39, 0.29) is 11.6 Å². The maximum absolute atomic E-state index is 12.3. The Morgan fingerprint density at radius 3 is 2.58 bits per heavy atom. The average molecular weight is 353 g/mol. The van der Waals surface area contributed by atoms with Crippen LogP contribution in [0.2, 0.25) is 5.02 Å². The minimum absolute atomic E-state index is 0.0133. The van der Waals surface area contributed by atoms with E-state index in [9.17, 15) is 4.79 Å². The molecule has 2 amide bonds. The molecule has 2 N–H and O–H groups in total. The van der Waals surface area contributed by atoms with Crippen LogP contribution in [0.15, 0.2) is 18.2 Å². The molecular weight excluding hydrogens is 324 g/mol. The molecule has 0 atom stereocenters. The lowest BCUT2D eigenvalue weighted by Crippen LogP contribution is -2.58. The summed E-state index contributed by atoms with van der Waals surface area (Å²) < 4.78 is 0. The van der Waals surface area contributed by atoms with Gasteiger partial charge in [-0.3, -0.25) is 0 Å². The van der Waals surface area contributed by atoms with Crippen LogP contribution in [0, 0.1) is 6.92 Å². The Kier molecular flexibility index (Phi) is 6.49. The molecule has 1 saturated heterocycles. The lowest BCUT2D eigenvalue weighted by molar-refractivity contribution is 0.0604. The molecule has 1 aliphatic heterocycles. The van der Waals surface area contributed by atoms with Crippen LogP contribution in [-0.4, -0.2) is 61.6 Å². The van der Waals surface area contributed by atoms with Crippen molar-refractivity contribution in [2.75, 3.05) is 45.6 Å². The number of carbonyl (C=O) groups excluding carboxylic acids is 1. The van der Waals surface area contributed by atoms with Crippen LogP contribution < -0.4 is 10.6 Å². The van der Waals surface area contributed by atoms with Crippen LogP contribution in [0.3, 0.4) is 0 Å². The fourth-order valence-electron chi connectivity index (χ4n) is 3.21. The number of urea groups is 1. The molecule has 0 aromatic heterocycles. The average Bonchev–Trinajstić information content (AvgIpc) is 2.56. The van der Waals surface area contributed by atoms with Gasteiger partial charge in [0.2, 0.25) is 0 Å². The number of aryl methyl sites for hydroxylation is 1. The number of carbonyl (C=O) groups is 1. The fraction of sp³-hybridized carbons (Fsp3) is 0.611. The second-order valence-electron chi connectivity index (χ2n) is 6.84. The van der Waals surface area contributed by atoms with Crippen molar-refractivity contribution in [3.05, 3.63) is 28.8 Å². The van der Waals surface area contributed by atoms with Gasteiger partial charge in [-0.2, -0.15) is 0 Å². The van der Waals surface area contributed by atoms with Crippen molar-refractivity contribution in [3.63, 3.8) is 0 Å². The number of benzene rings is 1. The summed E-state index contributed by atoms with van der Waals surface area (Å²) in [4.78, 5) is 17.0. The van der Waals surface area contributed by atoms with Crippen LogP contribution in [0.4, 0.5) is 10.5 Å². The third kappa shape index (κ3) is 4.62. The van der Waals surface area contributed by atoms with E-state index in [1.165, 1.54) is 0 Å². The Bertz CT molecular complexity index is 568. The first kappa shape index (κ1) is 19.0. The number of piperidine rings is 1. The first-order valence-corrected chi connectivity index (χ1v) is 8.95. The number of nitrogens with zero attached hydrogens (tertiary/aromatic N) is 2. The Balaban J connectivity index is 1.94. The molecule has 1 fully saturated rings. The number of nitrogens with one attached hydrogen (secondary N) is 2. The monoisotopic (exact) mass is 352 g/mol. The molecule has 0 radical (unpaired) electrons. The SMILES string of the molecule is CCN1CCC(CNC(=O)Nc2cc(C)ccc2Cl)(N(C)C)CC1. The Morgan fingerprint density at radius 1 is 1.33 bits per heavy atom. The molecule has 0 unspecified atom stereocenters. The van der Waals surface area contributed by atoms with Crippen molar-refractivity contribution < 1.29 is 4.79 Å². The number of anilines is 1. The van der Waals surface area contributed by atoms with E-state index in [1.807, 2.05) is 19.1 Å². The molecule has 5 nitrogen and oxygen atoms in total. The normalized spacial score (nSPS) is 17.8. The molecule has 1 aliphatic rings. The fourth-order valence-corrected chi connectivity index (χ4v) is 3.38. The van der Waals surface area contributed by atoms with Gasteiger partial charge in [-0.25, -0.2) is 4.79 Å². The molecule has 6 heteroatoms. The zero-order valence-corrected chi connectivity index (χ0v) is 15.9. The largest absolute Gasteiger partial charge is 0.336 e. The van der Waals surface area contributed by atoms with E-state index in [0.717, 1.165) is 38.0 Å². The van der Waals surface area contributed by atoms with Crippen molar-refractivity contribution >= 4 is 23.3 Å². The first-order chi connectivity index (χ1) is 11.4. The Labute approximate surface area is 150 Å². The van der Waals surface area contributed by atoms with Gasteiger partial charge < -0.3 is 20.4 Å². The molecule has 24 heavy (non-hydrogen) atoms. The van der Waals surface area contributed by atoms with Crippen molar-refractivity contribution in [2.24, 2.45) is 0 Å². The summed E-state index contributed by atoms with van der Waals surface area (Å²) >= 11 is 6.14. The third-order valence-electron chi connectivity index (χ3n) is 5.13. The first-order valence-electron chi connectivity index (χ1n) is 8.57. The summed E-state index contributed by atoms with van der Waals surface area (Å²) in [5, 5.41) is 6.44. The van der Waals surface area contributed by atoms with Crippen molar-refractivity contribution in [1.29, 1.82) is 0 Å². The van der Waals surface area contributed by atoms with Gasteiger partial charge in [0.25, 0.3) is 0 Å². The molecule has 134 valence electrons. The lowest BCUT2D eigenvalue weighted by atomic mass is 9.86. The van der Waals surface area contributed by atoms with Gasteiger partial charge in [0.05, 0.1) is 10.7 Å². The number of likely N-dealkylation sites (tertiary alicyclic amines) is 1. The number of hydrogen-bond acceptors (Lipinski definition) is 3. The molecule has 1 aromatic carbocycles. The minimum Gasteiger partial charge on any atom is -0.336 e. The highest BCUT2D eigenvalue weighted by molar-refractivity contribution is 6.33. The Morgan fingerprint density at radius 2 is 2.00 bits per heavy atom. The quantitative estimate of drug-likeness (QED) is 0.855. The zero-order valence-electron chi connectivity index (χ0n) is 15.2. The Hall–Kier alpha value is -1.30. The van der Waals surface area contributed by atoms with Crippen molar-refractivity contribution in [2.45, 2.75) is 32.2 Å². The number of likely N-dealkylation sites (N-methyl/N-ethyl adjacent to an activating group) is 1. The van der Waals surface area contributed by atoms with E-state index in [2.05, 4.69) is 41.5 Å². The maximum Gasteiger partial charge on any atom is 0.319 e. The smallest absolute Gasteiger partial charge is 0.319 e. The van der Waals surface area contributed by atoms with E-state index in [1.54, 1.807) is 6.07 Å². The van der Waals surface area contributed by atoms with Gasteiger partial charge in [-0.1, -0.05) is 24.6 Å². The van der Waals surface area contributed by atoms with E-state index in [4.69, 9.17) is 11.6 Å². The molecule has 0 aliphatic carbocycles. The van der Waals surface area contributed by atoms with Crippen molar-refractivity contribution in [3.8, 4) is 0 Å². The predicted molar refractivity (Wildman–Crippen MR) is 101 cm³/mol. The summed E-state index contributed by atoms with van der Waals surface area (Å²) in [6.07, 6.45) is 2.11. The van der Waals surface area contributed by atoms with Crippen molar-refractivity contribution in [1.82, 2.24) is 15.1 Å². The predicted octanol–water partition coefficient (Wildman–Crippen LogP) is 3.19. The highest BCUT2D eigenvalue weighted by Crippen LogP contribution is 2.27. The topological polar surface area (TPSA) is 47.6 Å². The van der Waals surface area contributed by atoms with Crippen LogP contribution in [0.25, 0.3) is 0 Å². The number of rotatable bonds is 5. The van der Waals surface area contributed by atoms with Crippen LogP contribution in [0.5, 0.6) is 0 Å². The second kappa shape index (κ2) is 8.19. The van der Waals surface area contributed by atoms with E-state index >= 15 is 0 Å². The molecule has 1 aromatic rings. The molecular formula is C18H29ClN4O. The summed E-state index contributed by atoms with van der Waals surface area (Å²) in [5.74, 6) is 0. The highest BCUT2D eigenvalue weighted by Gasteiger charge is 2.36. The standard InChI is InChI=1S/C18H29ClN4O/c1-5-23-10-8-18(9-11-23,22(3)4)13-20-17(24)21-16-12-14(2)6-7-15(16)19/h6-7,12H,5,8-11,13H2,1-4H3,(H2,20,21,24). The summed E-state index contributed by atoms with van der Waals surface area (Å²) in [6.45, 7) is 8.03. The minimum atomic E-state index is -0.207. The number of amides is 2. The third-order valence-corrected chi connectivity index (χ3v) is 5.46. The highest BCUT2D eigenvalue weighted by atomic mass is 35.5. The van der Waals surface area contributed by atoms with Crippen LogP contribution in [0.1, 0.15) is 25.3 Å². The number of halogens is 1. The molecule has 2 rings (SSSR count). The summed E-state index contributed by atoms with van der Waals surface area (Å²) in [6, 6.07) is 5.40. The van der Waals surface area contributed by atoms with Crippen LogP contribution in [-0.2, 0) is 0 Å². The second-order valence-corrected chi connectivity index (χ2v) is 7.25. The zero-order chi connectivity index (χ0) is 17.7. The van der Waals surface area contributed by atoms with E-state index < -0.39 is 0 Å². The molecule has 1 heterocycles. The van der Waals surface area contributed by atoms with Gasteiger partial charge in [0.1, 0.15) is 0 Å². The molecule has 0 spiro atoms. The van der Waals surface area contributed by atoms with Gasteiger partial charge >= 0.3 is 6.03 Å². The van der Waals surface area contributed by atoms with Crippen LogP contribution >= 0.6 is 11.6 Å². The molecule has 0 saturated carbocycles. The summed E-state index contributed by atoms with van der Waals surface area (Å²) in [5.41, 5.74) is 1.72. The van der Waals surface area contributed by atoms with Gasteiger partial charge in [-0.15, -0.1) is 0 Å². The maximum atomic E-state index is 12.3. The van der Waals surface area contributed by atoms with Gasteiger partial charge in [0, 0.05) is 12.1 Å². The van der Waals surface area contributed by atoms with Gasteiger partial charge in [-0.05, 0) is 71.2 Å². The lowest BCUT2D eigenvalue weighted by Gasteiger charge is -2.46. The number of hydrogen-bond donors (Lipinski definition) is 2. The van der Waals surface area contributed by atoms with E-state index in [0.29, 0.717) is 17.3 Å². The summed E-state index contributed by atoms with van der Waals surface area (Å²) in [7, 11) is 4.19.